The highest BCUT2D eigenvalue weighted by Crippen LogP contribution is 2.10. The lowest BCUT2D eigenvalue weighted by Crippen LogP contribution is -2.27. The van der Waals surface area contributed by atoms with Gasteiger partial charge in [0.1, 0.15) is 11.5 Å². The first-order valence-corrected chi connectivity index (χ1v) is 5.09. The fourth-order valence-corrected chi connectivity index (χ4v) is 1.84. The number of carbonyl (C=O) groups is 1. The van der Waals surface area contributed by atoms with E-state index in [0.29, 0.717) is 12.4 Å². The third kappa shape index (κ3) is 1.91. The lowest BCUT2D eigenvalue weighted by molar-refractivity contribution is 0.0994. The summed E-state index contributed by atoms with van der Waals surface area (Å²) < 4.78 is 1.64. The topological polar surface area (TPSA) is 78.0 Å². The quantitative estimate of drug-likeness (QED) is 0.707. The molecule has 5 nitrogen and oxygen atoms in total. The average molecular weight is 207 g/mol. The van der Waals surface area contributed by atoms with Gasteiger partial charge >= 0.3 is 0 Å². The van der Waals surface area contributed by atoms with E-state index in [4.69, 9.17) is 5.73 Å². The third-order valence-corrected chi connectivity index (χ3v) is 2.62. The number of fused-ring (bicyclic) bond motifs is 1. The molecule has 2 heterocycles. The van der Waals surface area contributed by atoms with Crippen LogP contribution in [0.1, 0.15) is 35.6 Å². The van der Waals surface area contributed by atoms with Crippen LogP contribution in [0, 0.1) is 0 Å². The van der Waals surface area contributed by atoms with Crippen molar-refractivity contribution in [3.63, 3.8) is 0 Å². The smallest absolute Gasteiger partial charge is 0.267 e. The zero-order valence-electron chi connectivity index (χ0n) is 8.40. The summed E-state index contributed by atoms with van der Waals surface area (Å²) in [5.74, 6) is 0.0496. The van der Waals surface area contributed by atoms with Crippen molar-refractivity contribution in [2.75, 3.05) is 0 Å². The van der Waals surface area contributed by atoms with E-state index in [1.165, 1.54) is 6.07 Å². The Bertz CT molecular complexity index is 450. The van der Waals surface area contributed by atoms with E-state index in [2.05, 4.69) is 4.98 Å². The SMILES string of the molecule is NC(=O)c1cc(=O)n2c(n1)CCCCC2. The Balaban J connectivity index is 2.53. The van der Waals surface area contributed by atoms with Crippen molar-refractivity contribution in [1.29, 1.82) is 0 Å². The average Bonchev–Trinajstić information content (AvgIpc) is 2.42. The van der Waals surface area contributed by atoms with E-state index >= 15 is 0 Å². The predicted octanol–water partition coefficient (Wildman–Crippen LogP) is 0.0686. The summed E-state index contributed by atoms with van der Waals surface area (Å²) in [6, 6.07) is 1.22. The van der Waals surface area contributed by atoms with Crippen LogP contribution in [0.15, 0.2) is 10.9 Å². The van der Waals surface area contributed by atoms with Gasteiger partial charge in [-0.15, -0.1) is 0 Å². The summed E-state index contributed by atoms with van der Waals surface area (Å²) in [6.45, 7) is 0.695. The Morgan fingerprint density at radius 1 is 1.40 bits per heavy atom. The second-order valence-electron chi connectivity index (χ2n) is 3.72. The maximum Gasteiger partial charge on any atom is 0.267 e. The van der Waals surface area contributed by atoms with Gasteiger partial charge in [-0.25, -0.2) is 4.98 Å². The van der Waals surface area contributed by atoms with Crippen molar-refractivity contribution in [3.05, 3.63) is 27.9 Å². The molecule has 1 aromatic rings. The van der Waals surface area contributed by atoms with Gasteiger partial charge in [-0.2, -0.15) is 0 Å². The first kappa shape index (κ1) is 9.89. The summed E-state index contributed by atoms with van der Waals surface area (Å²) in [6.07, 6.45) is 3.84. The molecular formula is C10H13N3O2. The Labute approximate surface area is 86.9 Å². The lowest BCUT2D eigenvalue weighted by Gasteiger charge is -2.08. The Morgan fingerprint density at radius 3 is 2.93 bits per heavy atom. The molecule has 0 unspecified atom stereocenters. The predicted molar refractivity (Wildman–Crippen MR) is 54.6 cm³/mol. The molecule has 0 saturated heterocycles. The molecule has 0 aromatic carbocycles. The molecule has 0 radical (unpaired) electrons. The molecule has 0 aliphatic carbocycles. The molecule has 1 aliphatic rings. The number of aromatic nitrogens is 2. The first-order chi connectivity index (χ1) is 7.18. The minimum atomic E-state index is -0.639. The van der Waals surface area contributed by atoms with Crippen LogP contribution in [0.3, 0.4) is 0 Å². The third-order valence-electron chi connectivity index (χ3n) is 2.62. The zero-order chi connectivity index (χ0) is 10.8. The second-order valence-corrected chi connectivity index (χ2v) is 3.72. The summed E-state index contributed by atoms with van der Waals surface area (Å²) in [5, 5.41) is 0. The standard InChI is InChI=1S/C10H13N3O2/c11-10(15)7-6-9(14)13-5-3-1-2-4-8(13)12-7/h6H,1-5H2,(H2,11,15). The van der Waals surface area contributed by atoms with Crippen LogP contribution < -0.4 is 11.3 Å². The Morgan fingerprint density at radius 2 is 2.20 bits per heavy atom. The number of nitrogens with two attached hydrogens (primary N) is 1. The van der Waals surface area contributed by atoms with Gasteiger partial charge in [0, 0.05) is 19.0 Å². The highest BCUT2D eigenvalue weighted by molar-refractivity contribution is 5.90. The molecule has 5 heteroatoms. The molecule has 2 N–H and O–H groups in total. The maximum atomic E-state index is 11.7. The van der Waals surface area contributed by atoms with Gasteiger partial charge in [0.25, 0.3) is 11.5 Å². The van der Waals surface area contributed by atoms with Crippen molar-refractivity contribution in [1.82, 2.24) is 9.55 Å². The minimum Gasteiger partial charge on any atom is -0.364 e. The number of hydrogen-bond donors (Lipinski definition) is 1. The fraction of sp³-hybridized carbons (Fsp3) is 0.500. The number of hydrogen-bond acceptors (Lipinski definition) is 3. The fourth-order valence-electron chi connectivity index (χ4n) is 1.84. The maximum absolute atomic E-state index is 11.7. The number of nitrogens with zero attached hydrogens (tertiary/aromatic N) is 2. The number of aryl methyl sites for hydroxylation is 1. The van der Waals surface area contributed by atoms with E-state index in [1.54, 1.807) is 4.57 Å². The van der Waals surface area contributed by atoms with Gasteiger partial charge in [0.2, 0.25) is 0 Å². The molecule has 0 fully saturated rings. The molecule has 0 atom stereocenters. The highest BCUT2D eigenvalue weighted by Gasteiger charge is 2.13. The Kier molecular flexibility index (Phi) is 2.53. The molecule has 0 bridgehead atoms. The molecule has 15 heavy (non-hydrogen) atoms. The monoisotopic (exact) mass is 207 g/mol. The first-order valence-electron chi connectivity index (χ1n) is 5.09. The van der Waals surface area contributed by atoms with E-state index in [-0.39, 0.29) is 11.3 Å². The van der Waals surface area contributed by atoms with E-state index < -0.39 is 5.91 Å². The van der Waals surface area contributed by atoms with Gasteiger partial charge in [-0.05, 0) is 12.8 Å². The molecule has 0 spiro atoms. The molecule has 0 saturated carbocycles. The number of amides is 1. The van der Waals surface area contributed by atoms with Crippen molar-refractivity contribution in [2.24, 2.45) is 5.73 Å². The van der Waals surface area contributed by atoms with Crippen LogP contribution in [0.5, 0.6) is 0 Å². The van der Waals surface area contributed by atoms with Crippen LogP contribution in [-0.2, 0) is 13.0 Å². The van der Waals surface area contributed by atoms with E-state index in [1.807, 2.05) is 0 Å². The second kappa shape index (κ2) is 3.84. The molecule has 1 aromatic heterocycles. The van der Waals surface area contributed by atoms with E-state index in [9.17, 15) is 9.59 Å². The van der Waals surface area contributed by atoms with Crippen molar-refractivity contribution < 1.29 is 4.79 Å². The van der Waals surface area contributed by atoms with Crippen molar-refractivity contribution in [3.8, 4) is 0 Å². The summed E-state index contributed by atoms with van der Waals surface area (Å²) in [5.41, 5.74) is 5.01. The summed E-state index contributed by atoms with van der Waals surface area (Å²) in [4.78, 5) is 26.7. The van der Waals surface area contributed by atoms with Crippen LogP contribution in [0.2, 0.25) is 0 Å². The molecule has 2 rings (SSSR count). The highest BCUT2D eigenvalue weighted by atomic mass is 16.1. The summed E-state index contributed by atoms with van der Waals surface area (Å²) in [7, 11) is 0. The normalized spacial score (nSPS) is 15.5. The van der Waals surface area contributed by atoms with Gasteiger partial charge in [0.15, 0.2) is 0 Å². The van der Waals surface area contributed by atoms with E-state index in [0.717, 1.165) is 25.7 Å². The largest absolute Gasteiger partial charge is 0.364 e. The summed E-state index contributed by atoms with van der Waals surface area (Å²) >= 11 is 0. The van der Waals surface area contributed by atoms with Gasteiger partial charge in [0.05, 0.1) is 0 Å². The van der Waals surface area contributed by atoms with Crippen LogP contribution >= 0.6 is 0 Å². The lowest BCUT2D eigenvalue weighted by atomic mass is 10.2. The number of rotatable bonds is 1. The molecule has 1 aliphatic heterocycles. The molecule has 1 amide bonds. The van der Waals surface area contributed by atoms with Crippen LogP contribution in [0.25, 0.3) is 0 Å². The van der Waals surface area contributed by atoms with Crippen LogP contribution in [0.4, 0.5) is 0 Å². The van der Waals surface area contributed by atoms with Crippen LogP contribution in [-0.4, -0.2) is 15.5 Å². The van der Waals surface area contributed by atoms with Gasteiger partial charge in [-0.3, -0.25) is 14.2 Å². The van der Waals surface area contributed by atoms with Gasteiger partial charge < -0.3 is 5.73 Å². The number of primary amides is 1. The minimum absolute atomic E-state index is 0.0770. The number of carbonyl (C=O) groups excluding carboxylic acids is 1. The van der Waals surface area contributed by atoms with Crippen molar-refractivity contribution >= 4 is 5.91 Å². The molecular weight excluding hydrogens is 194 g/mol. The van der Waals surface area contributed by atoms with Gasteiger partial charge in [-0.1, -0.05) is 6.42 Å². The molecule has 80 valence electrons. The Hall–Kier alpha value is -1.65. The van der Waals surface area contributed by atoms with Crippen molar-refractivity contribution in [2.45, 2.75) is 32.2 Å². The zero-order valence-corrected chi connectivity index (χ0v) is 8.40.